The second-order valence-corrected chi connectivity index (χ2v) is 7.85. The number of hydrogen-bond acceptors (Lipinski definition) is 4. The normalized spacial score (nSPS) is 15.8. The Kier molecular flexibility index (Phi) is 7.45. The molecule has 0 spiro atoms. The highest BCUT2D eigenvalue weighted by atomic mass is 32.1. The number of hydrogen-bond donors (Lipinski definition) is 2. The maximum absolute atomic E-state index is 12.5. The second kappa shape index (κ2) is 10.2. The Bertz CT molecular complexity index is 744. The number of carbonyl (C=O) groups excluding carboxylic acids is 2. The van der Waals surface area contributed by atoms with Crippen molar-refractivity contribution >= 4 is 23.3 Å². The van der Waals surface area contributed by atoms with Crippen LogP contribution in [0.25, 0.3) is 0 Å². The molecule has 1 aromatic carbocycles. The number of piperidine rings is 1. The molecular weight excluding hydrogens is 374 g/mol. The second-order valence-electron chi connectivity index (χ2n) is 6.87. The molecule has 0 radical (unpaired) electrons. The molecule has 2 amide bonds. The number of quaternary nitrogens is 1. The fourth-order valence-corrected chi connectivity index (χ4v) is 4.33. The molecule has 3 rings (SSSR count). The number of nitrogens with two attached hydrogens (primary N) is 1. The van der Waals surface area contributed by atoms with E-state index in [9.17, 15) is 9.59 Å². The molecule has 28 heavy (non-hydrogen) atoms. The Morgan fingerprint density at radius 3 is 2.61 bits per heavy atom. The minimum absolute atomic E-state index is 0.0343. The first-order valence-corrected chi connectivity index (χ1v) is 10.7. The van der Waals surface area contributed by atoms with Gasteiger partial charge in [0, 0.05) is 24.7 Å². The SMILES string of the molecule is CCOC(=O)N1CCC(NC(=O)C[NH2+][C@H](c2ccccc2)c2cccs2)CC1. The molecule has 1 saturated heterocycles. The van der Waals surface area contributed by atoms with Crippen molar-refractivity contribution in [3.63, 3.8) is 0 Å². The third-order valence-corrected chi connectivity index (χ3v) is 5.89. The Morgan fingerprint density at radius 1 is 1.21 bits per heavy atom. The lowest BCUT2D eigenvalue weighted by Crippen LogP contribution is -2.87. The molecule has 0 unspecified atom stereocenters. The van der Waals surface area contributed by atoms with E-state index in [1.165, 1.54) is 10.4 Å². The Hall–Kier alpha value is -2.38. The van der Waals surface area contributed by atoms with Gasteiger partial charge in [-0.1, -0.05) is 36.4 Å². The van der Waals surface area contributed by atoms with E-state index < -0.39 is 0 Å². The number of nitrogens with zero attached hydrogens (tertiary/aromatic N) is 1. The number of thiophene rings is 1. The molecule has 0 saturated carbocycles. The fourth-order valence-electron chi connectivity index (χ4n) is 3.48. The highest BCUT2D eigenvalue weighted by Crippen LogP contribution is 2.22. The molecule has 1 aliphatic rings. The quantitative estimate of drug-likeness (QED) is 0.745. The molecule has 150 valence electrons. The first kappa shape index (κ1) is 20.4. The number of ether oxygens (including phenoxy) is 1. The summed E-state index contributed by atoms with van der Waals surface area (Å²) in [4.78, 5) is 27.2. The average molecular weight is 403 g/mol. The summed E-state index contributed by atoms with van der Waals surface area (Å²) in [7, 11) is 0. The molecule has 1 atom stereocenters. The van der Waals surface area contributed by atoms with E-state index in [2.05, 4.69) is 34.2 Å². The van der Waals surface area contributed by atoms with E-state index in [1.54, 1.807) is 23.2 Å². The molecule has 0 bridgehead atoms. The predicted octanol–water partition coefficient (Wildman–Crippen LogP) is 2.14. The average Bonchev–Trinajstić information content (AvgIpc) is 3.24. The number of amides is 2. The summed E-state index contributed by atoms with van der Waals surface area (Å²) in [5, 5.41) is 7.27. The first-order chi connectivity index (χ1) is 13.7. The molecule has 1 aliphatic heterocycles. The maximum Gasteiger partial charge on any atom is 0.409 e. The highest BCUT2D eigenvalue weighted by Gasteiger charge is 2.25. The minimum atomic E-state index is -0.262. The monoisotopic (exact) mass is 402 g/mol. The van der Waals surface area contributed by atoms with Gasteiger partial charge >= 0.3 is 6.09 Å². The van der Waals surface area contributed by atoms with E-state index >= 15 is 0 Å². The molecule has 2 aromatic rings. The summed E-state index contributed by atoms with van der Waals surface area (Å²) < 4.78 is 5.04. The van der Waals surface area contributed by atoms with Crippen molar-refractivity contribution in [2.45, 2.75) is 31.8 Å². The first-order valence-electron chi connectivity index (χ1n) is 9.80. The van der Waals surface area contributed by atoms with Gasteiger partial charge in [-0.3, -0.25) is 4.79 Å². The van der Waals surface area contributed by atoms with Crippen LogP contribution in [0.1, 0.15) is 36.2 Å². The van der Waals surface area contributed by atoms with Crippen LogP contribution in [0.3, 0.4) is 0 Å². The zero-order valence-corrected chi connectivity index (χ0v) is 17.0. The zero-order chi connectivity index (χ0) is 19.8. The molecule has 7 heteroatoms. The molecule has 2 heterocycles. The van der Waals surface area contributed by atoms with Gasteiger partial charge in [0.25, 0.3) is 5.91 Å². The summed E-state index contributed by atoms with van der Waals surface area (Å²) in [6.45, 7) is 3.80. The molecule has 1 aromatic heterocycles. The van der Waals surface area contributed by atoms with E-state index in [4.69, 9.17) is 4.74 Å². The van der Waals surface area contributed by atoms with Gasteiger partial charge in [-0.15, -0.1) is 11.3 Å². The third-order valence-electron chi connectivity index (χ3n) is 4.93. The van der Waals surface area contributed by atoms with Gasteiger partial charge in [-0.05, 0) is 31.2 Å². The van der Waals surface area contributed by atoms with Crippen molar-refractivity contribution in [3.05, 3.63) is 58.3 Å². The largest absolute Gasteiger partial charge is 0.450 e. The number of benzene rings is 1. The maximum atomic E-state index is 12.5. The molecular formula is C21H28N3O3S+. The van der Waals surface area contributed by atoms with Crippen molar-refractivity contribution in [1.29, 1.82) is 0 Å². The van der Waals surface area contributed by atoms with Crippen molar-refractivity contribution in [1.82, 2.24) is 10.2 Å². The summed E-state index contributed by atoms with van der Waals surface area (Å²) in [6, 6.07) is 14.7. The standard InChI is InChI=1S/C21H27N3O3S/c1-2-27-21(26)24-12-10-17(11-13-24)23-19(25)15-22-20(18-9-6-14-28-18)16-7-4-3-5-8-16/h3-9,14,17,20,22H,2,10-13,15H2,1H3,(H,23,25)/p+1/t20-/m1/s1. The van der Waals surface area contributed by atoms with E-state index in [0.29, 0.717) is 26.2 Å². The Balaban J connectivity index is 1.49. The molecule has 3 N–H and O–H groups in total. The van der Waals surface area contributed by atoms with Crippen LogP contribution in [-0.2, 0) is 9.53 Å². The Labute approximate surface area is 169 Å². The van der Waals surface area contributed by atoms with Crippen molar-refractivity contribution in [2.24, 2.45) is 0 Å². The number of nitrogens with one attached hydrogen (secondary N) is 1. The van der Waals surface area contributed by atoms with E-state index in [0.717, 1.165) is 12.8 Å². The topological polar surface area (TPSA) is 75.2 Å². The van der Waals surface area contributed by atoms with Gasteiger partial charge in [0.2, 0.25) is 0 Å². The zero-order valence-electron chi connectivity index (χ0n) is 16.2. The number of carbonyl (C=O) groups is 2. The third kappa shape index (κ3) is 5.56. The molecule has 0 aliphatic carbocycles. The highest BCUT2D eigenvalue weighted by molar-refractivity contribution is 7.10. The Morgan fingerprint density at radius 2 is 1.96 bits per heavy atom. The van der Waals surface area contributed by atoms with Crippen LogP contribution in [0.2, 0.25) is 0 Å². The summed E-state index contributed by atoms with van der Waals surface area (Å²) >= 11 is 1.71. The summed E-state index contributed by atoms with van der Waals surface area (Å²) in [5.41, 5.74) is 1.19. The minimum Gasteiger partial charge on any atom is -0.450 e. The molecule has 6 nitrogen and oxygen atoms in total. The van der Waals surface area contributed by atoms with Gasteiger partial charge in [0.05, 0.1) is 11.5 Å². The molecule has 1 fully saturated rings. The number of likely N-dealkylation sites (tertiary alicyclic amines) is 1. The number of rotatable bonds is 7. The lowest BCUT2D eigenvalue weighted by atomic mass is 10.0. The lowest BCUT2D eigenvalue weighted by Gasteiger charge is -2.31. The van der Waals surface area contributed by atoms with Crippen molar-refractivity contribution < 1.29 is 19.6 Å². The van der Waals surface area contributed by atoms with E-state index in [-0.39, 0.29) is 24.1 Å². The van der Waals surface area contributed by atoms with Crippen LogP contribution in [0.4, 0.5) is 4.79 Å². The van der Waals surface area contributed by atoms with Crippen LogP contribution in [0.15, 0.2) is 47.8 Å². The van der Waals surface area contributed by atoms with Gasteiger partial charge in [-0.2, -0.15) is 0 Å². The van der Waals surface area contributed by atoms with Gasteiger partial charge in [0.1, 0.15) is 6.04 Å². The lowest BCUT2D eigenvalue weighted by molar-refractivity contribution is -0.676. The van der Waals surface area contributed by atoms with Crippen LogP contribution in [0, 0.1) is 0 Å². The van der Waals surface area contributed by atoms with Crippen molar-refractivity contribution in [2.75, 3.05) is 26.2 Å². The fraction of sp³-hybridized carbons (Fsp3) is 0.429. The van der Waals surface area contributed by atoms with E-state index in [1.807, 2.05) is 24.3 Å². The van der Waals surface area contributed by atoms with Gasteiger partial charge in [0.15, 0.2) is 6.54 Å². The van der Waals surface area contributed by atoms with Crippen LogP contribution in [-0.4, -0.2) is 49.2 Å². The van der Waals surface area contributed by atoms with Crippen LogP contribution in [0.5, 0.6) is 0 Å². The summed E-state index contributed by atoms with van der Waals surface area (Å²) in [6.07, 6.45) is 1.26. The van der Waals surface area contributed by atoms with Gasteiger partial charge < -0.3 is 20.3 Å². The van der Waals surface area contributed by atoms with Gasteiger partial charge in [-0.25, -0.2) is 4.79 Å². The predicted molar refractivity (Wildman–Crippen MR) is 109 cm³/mol. The van der Waals surface area contributed by atoms with Crippen molar-refractivity contribution in [3.8, 4) is 0 Å². The smallest absolute Gasteiger partial charge is 0.409 e. The van der Waals surface area contributed by atoms with Crippen LogP contribution >= 0.6 is 11.3 Å². The summed E-state index contributed by atoms with van der Waals surface area (Å²) in [5.74, 6) is 0.0343. The van der Waals surface area contributed by atoms with Crippen LogP contribution < -0.4 is 10.6 Å².